The molecule has 0 radical (unpaired) electrons. The zero-order valence-corrected chi connectivity index (χ0v) is 18.6. The molecular weight excluding hydrogens is 443 g/mol. The molecule has 0 saturated carbocycles. The van der Waals surface area contributed by atoms with Crippen molar-refractivity contribution in [2.45, 2.75) is 12.8 Å². The molecule has 3 N–H and O–H groups in total. The molecule has 1 unspecified atom stereocenters. The van der Waals surface area contributed by atoms with Crippen LogP contribution in [0.4, 0.5) is 15.8 Å². The number of hydrogen-bond acceptors (Lipinski definition) is 8. The molecule has 34 heavy (non-hydrogen) atoms. The number of carbonyl (C=O) groups excluding carboxylic acids is 3. The van der Waals surface area contributed by atoms with Crippen molar-refractivity contribution < 1.29 is 28.2 Å². The van der Waals surface area contributed by atoms with Crippen LogP contribution in [0.1, 0.15) is 18.4 Å². The Labute approximate surface area is 194 Å². The number of anilines is 2. The van der Waals surface area contributed by atoms with Crippen LogP contribution in [0, 0.1) is 17.1 Å². The molecular formula is C24H21FN4O5. The highest BCUT2D eigenvalue weighted by Gasteiger charge is 2.43. The molecule has 174 valence electrons. The Morgan fingerprint density at radius 1 is 1.09 bits per heavy atom. The third-order valence-corrected chi connectivity index (χ3v) is 5.12. The third-order valence-electron chi connectivity index (χ3n) is 5.12. The van der Waals surface area contributed by atoms with E-state index in [0.29, 0.717) is 5.56 Å². The van der Waals surface area contributed by atoms with Gasteiger partial charge in [0.05, 0.1) is 43.0 Å². The van der Waals surface area contributed by atoms with Gasteiger partial charge in [-0.3, -0.25) is 9.69 Å². The summed E-state index contributed by atoms with van der Waals surface area (Å²) in [4.78, 5) is 38.4. The SMILES string of the molecule is COC(=O)C1=C(C(=O)OC)N(c2cc(NC(C)=O)ccc2F)C(N)=C(C#N)C1c1ccccc1. The number of nitrogens with zero attached hydrogens (tertiary/aromatic N) is 2. The molecule has 1 aliphatic heterocycles. The Bertz CT molecular complexity index is 1260. The second-order valence-electron chi connectivity index (χ2n) is 7.18. The van der Waals surface area contributed by atoms with Gasteiger partial charge in [-0.15, -0.1) is 0 Å². The minimum absolute atomic E-state index is 0.108. The number of carbonyl (C=O) groups is 3. The summed E-state index contributed by atoms with van der Waals surface area (Å²) >= 11 is 0. The summed E-state index contributed by atoms with van der Waals surface area (Å²) in [5.41, 5.74) is 5.95. The molecule has 0 aliphatic carbocycles. The van der Waals surface area contributed by atoms with Gasteiger partial charge in [0, 0.05) is 12.6 Å². The van der Waals surface area contributed by atoms with Crippen LogP contribution in [-0.2, 0) is 23.9 Å². The number of amides is 1. The number of nitriles is 1. The van der Waals surface area contributed by atoms with Crippen molar-refractivity contribution in [3.63, 3.8) is 0 Å². The fraction of sp³-hybridized carbons (Fsp3) is 0.167. The average Bonchev–Trinajstić information content (AvgIpc) is 2.83. The molecule has 1 atom stereocenters. The fourth-order valence-electron chi connectivity index (χ4n) is 3.73. The van der Waals surface area contributed by atoms with E-state index in [9.17, 15) is 19.6 Å². The minimum atomic E-state index is -1.08. The summed E-state index contributed by atoms with van der Waals surface area (Å²) < 4.78 is 24.9. The fourth-order valence-corrected chi connectivity index (χ4v) is 3.73. The monoisotopic (exact) mass is 464 g/mol. The van der Waals surface area contributed by atoms with E-state index < -0.39 is 35.3 Å². The van der Waals surface area contributed by atoms with Crippen molar-refractivity contribution in [3.05, 3.63) is 82.6 Å². The van der Waals surface area contributed by atoms with Crippen molar-refractivity contribution in [2.24, 2.45) is 5.73 Å². The first kappa shape index (κ1) is 24.0. The molecule has 2 aromatic rings. The largest absolute Gasteiger partial charge is 0.466 e. The van der Waals surface area contributed by atoms with Gasteiger partial charge in [-0.1, -0.05) is 30.3 Å². The van der Waals surface area contributed by atoms with Gasteiger partial charge in [-0.2, -0.15) is 5.26 Å². The number of methoxy groups -OCH3 is 2. The Morgan fingerprint density at radius 2 is 1.74 bits per heavy atom. The maximum Gasteiger partial charge on any atom is 0.355 e. The first-order chi connectivity index (χ1) is 16.2. The van der Waals surface area contributed by atoms with Gasteiger partial charge in [0.2, 0.25) is 5.91 Å². The van der Waals surface area contributed by atoms with Crippen LogP contribution in [0.15, 0.2) is 71.2 Å². The molecule has 9 nitrogen and oxygen atoms in total. The van der Waals surface area contributed by atoms with Crippen LogP contribution >= 0.6 is 0 Å². The van der Waals surface area contributed by atoms with Crippen molar-refractivity contribution in [1.82, 2.24) is 0 Å². The summed E-state index contributed by atoms with van der Waals surface area (Å²) in [6.07, 6.45) is 0. The summed E-state index contributed by atoms with van der Waals surface area (Å²) in [5.74, 6) is -4.56. The molecule has 10 heteroatoms. The molecule has 1 amide bonds. The Hall–Kier alpha value is -4.65. The quantitative estimate of drug-likeness (QED) is 0.645. The van der Waals surface area contributed by atoms with Gasteiger partial charge in [-0.25, -0.2) is 14.0 Å². The number of allylic oxidation sites excluding steroid dienone is 1. The molecule has 0 aromatic heterocycles. The predicted molar refractivity (Wildman–Crippen MR) is 120 cm³/mol. The lowest BCUT2D eigenvalue weighted by atomic mass is 9.81. The standard InChI is InChI=1S/C24H21FN4O5/c1-13(30)28-15-9-10-17(25)18(11-15)29-21(24(32)34-3)20(23(31)33-2)19(16(12-26)22(29)27)14-7-5-4-6-8-14/h4-11,19H,27H2,1-3H3,(H,28,30). The van der Waals surface area contributed by atoms with E-state index in [0.717, 1.165) is 25.2 Å². The van der Waals surface area contributed by atoms with Crippen LogP contribution in [-0.4, -0.2) is 32.1 Å². The van der Waals surface area contributed by atoms with Crippen molar-refractivity contribution in [1.29, 1.82) is 5.26 Å². The highest BCUT2D eigenvalue weighted by molar-refractivity contribution is 6.06. The number of esters is 2. The lowest BCUT2D eigenvalue weighted by molar-refractivity contribution is -0.139. The van der Waals surface area contributed by atoms with Crippen LogP contribution in [0.5, 0.6) is 0 Å². The van der Waals surface area contributed by atoms with E-state index in [4.69, 9.17) is 15.2 Å². The maximum atomic E-state index is 15.1. The van der Waals surface area contributed by atoms with E-state index in [1.807, 2.05) is 6.07 Å². The number of nitrogens with two attached hydrogens (primary N) is 1. The molecule has 0 spiro atoms. The Balaban J connectivity index is 2.41. The number of benzene rings is 2. The zero-order valence-electron chi connectivity index (χ0n) is 18.6. The molecule has 3 rings (SSSR count). The summed E-state index contributed by atoms with van der Waals surface area (Å²) in [7, 11) is 2.20. The molecule has 2 aromatic carbocycles. The maximum absolute atomic E-state index is 15.1. The molecule has 0 bridgehead atoms. The highest BCUT2D eigenvalue weighted by Crippen LogP contribution is 2.44. The van der Waals surface area contributed by atoms with Gasteiger partial charge in [0.15, 0.2) is 0 Å². The van der Waals surface area contributed by atoms with Crippen LogP contribution in [0.3, 0.4) is 0 Å². The zero-order chi connectivity index (χ0) is 25.0. The average molecular weight is 464 g/mol. The molecule has 1 aliphatic rings. The Morgan fingerprint density at radius 3 is 2.29 bits per heavy atom. The van der Waals surface area contributed by atoms with E-state index in [2.05, 4.69) is 5.32 Å². The lowest BCUT2D eigenvalue weighted by Crippen LogP contribution is -2.41. The normalized spacial score (nSPS) is 15.5. The van der Waals surface area contributed by atoms with E-state index in [1.54, 1.807) is 30.3 Å². The number of ether oxygens (including phenoxy) is 2. The van der Waals surface area contributed by atoms with E-state index in [1.165, 1.54) is 19.1 Å². The number of halogens is 1. The minimum Gasteiger partial charge on any atom is -0.466 e. The number of rotatable bonds is 5. The van der Waals surface area contributed by atoms with Crippen molar-refractivity contribution in [3.8, 4) is 6.07 Å². The van der Waals surface area contributed by atoms with Crippen LogP contribution in [0.2, 0.25) is 0 Å². The van der Waals surface area contributed by atoms with Gasteiger partial charge in [0.1, 0.15) is 17.3 Å². The van der Waals surface area contributed by atoms with Gasteiger partial charge in [0.25, 0.3) is 0 Å². The van der Waals surface area contributed by atoms with Crippen LogP contribution < -0.4 is 16.0 Å². The molecule has 0 fully saturated rings. The topological polar surface area (TPSA) is 135 Å². The van der Waals surface area contributed by atoms with Crippen molar-refractivity contribution >= 4 is 29.2 Å². The number of hydrogen-bond donors (Lipinski definition) is 2. The molecule has 0 saturated heterocycles. The van der Waals surface area contributed by atoms with Gasteiger partial charge < -0.3 is 20.5 Å². The molecule has 1 heterocycles. The van der Waals surface area contributed by atoms with Crippen molar-refractivity contribution in [2.75, 3.05) is 24.4 Å². The van der Waals surface area contributed by atoms with Gasteiger partial charge >= 0.3 is 11.9 Å². The lowest BCUT2D eigenvalue weighted by Gasteiger charge is -2.36. The number of nitrogens with one attached hydrogen (secondary N) is 1. The highest BCUT2D eigenvalue weighted by atomic mass is 19.1. The van der Waals surface area contributed by atoms with E-state index in [-0.39, 0.29) is 28.3 Å². The van der Waals surface area contributed by atoms with Gasteiger partial charge in [-0.05, 0) is 23.8 Å². The first-order valence-corrected chi connectivity index (χ1v) is 9.97. The second-order valence-corrected chi connectivity index (χ2v) is 7.18. The Kier molecular flexibility index (Phi) is 6.97. The second kappa shape index (κ2) is 9.87. The predicted octanol–water partition coefficient (Wildman–Crippen LogP) is 2.68. The summed E-state index contributed by atoms with van der Waals surface area (Å²) in [6, 6.07) is 14.0. The first-order valence-electron chi connectivity index (χ1n) is 9.97. The summed E-state index contributed by atoms with van der Waals surface area (Å²) in [5, 5.41) is 12.5. The van der Waals surface area contributed by atoms with Crippen LogP contribution in [0.25, 0.3) is 0 Å². The third kappa shape index (κ3) is 4.31. The summed E-state index contributed by atoms with van der Waals surface area (Å²) in [6.45, 7) is 1.27. The van der Waals surface area contributed by atoms with E-state index >= 15 is 4.39 Å². The smallest absolute Gasteiger partial charge is 0.355 e.